The summed E-state index contributed by atoms with van der Waals surface area (Å²) in [5, 5.41) is 15.5. The minimum atomic E-state index is -0.318. The Bertz CT molecular complexity index is 1010. The van der Waals surface area contributed by atoms with Crippen molar-refractivity contribution in [3.8, 4) is 17.2 Å². The molecule has 0 aliphatic heterocycles. The van der Waals surface area contributed by atoms with Crippen molar-refractivity contribution < 1.29 is 9.21 Å². The summed E-state index contributed by atoms with van der Waals surface area (Å²) in [5.74, 6) is 0.871. The molecule has 0 fully saturated rings. The summed E-state index contributed by atoms with van der Waals surface area (Å²) < 4.78 is 5.38. The number of anilines is 1. The van der Waals surface area contributed by atoms with E-state index in [0.717, 1.165) is 0 Å². The molecule has 7 heteroatoms. The lowest BCUT2D eigenvalue weighted by Gasteiger charge is -2.05. The highest BCUT2D eigenvalue weighted by atomic mass is 35.5. The van der Waals surface area contributed by atoms with Gasteiger partial charge < -0.3 is 9.73 Å². The largest absolute Gasteiger partial charge is 0.466 e. The molecule has 4 nitrogen and oxygen atoms in total. The predicted molar refractivity (Wildman–Crippen MR) is 101 cm³/mol. The Balaban J connectivity index is 1.97. The number of nitriles is 1. The molecule has 0 radical (unpaired) electrons. The van der Waals surface area contributed by atoms with E-state index in [0.29, 0.717) is 48.8 Å². The van der Waals surface area contributed by atoms with Crippen molar-refractivity contribution in [2.45, 2.75) is 13.8 Å². The van der Waals surface area contributed by atoms with Crippen LogP contribution in [0.2, 0.25) is 10.0 Å². The van der Waals surface area contributed by atoms with Gasteiger partial charge in [-0.1, -0.05) is 29.3 Å². The second-order valence-electron chi connectivity index (χ2n) is 5.37. The summed E-state index contributed by atoms with van der Waals surface area (Å²) in [6.07, 6.45) is 0. The molecule has 0 spiro atoms. The third kappa shape index (κ3) is 3.42. The smallest absolute Gasteiger partial charge is 0.259 e. The lowest BCUT2D eigenvalue weighted by Crippen LogP contribution is -2.12. The highest BCUT2D eigenvalue weighted by Gasteiger charge is 2.20. The first kappa shape index (κ1) is 17.6. The van der Waals surface area contributed by atoms with Gasteiger partial charge in [-0.05, 0) is 32.0 Å². The Morgan fingerprint density at radius 2 is 2.00 bits per heavy atom. The Labute approximate surface area is 158 Å². The van der Waals surface area contributed by atoms with E-state index < -0.39 is 0 Å². The highest BCUT2D eigenvalue weighted by Crippen LogP contribution is 2.39. The van der Waals surface area contributed by atoms with Gasteiger partial charge in [-0.3, -0.25) is 4.79 Å². The van der Waals surface area contributed by atoms with Gasteiger partial charge in [0.2, 0.25) is 0 Å². The van der Waals surface area contributed by atoms with Crippen LogP contribution in [0.1, 0.15) is 27.4 Å². The minimum absolute atomic E-state index is 0.318. The van der Waals surface area contributed by atoms with Gasteiger partial charge in [0, 0.05) is 26.6 Å². The lowest BCUT2D eigenvalue weighted by atomic mass is 10.0. The molecule has 3 rings (SSSR count). The molecule has 0 atom stereocenters. The number of halogens is 2. The number of thiophene rings is 1. The lowest BCUT2D eigenvalue weighted by molar-refractivity contribution is 0.102. The number of nitrogens with zero attached hydrogens (tertiary/aromatic N) is 1. The van der Waals surface area contributed by atoms with Crippen LogP contribution >= 0.6 is 34.5 Å². The summed E-state index contributed by atoms with van der Waals surface area (Å²) in [4.78, 5) is 12.5. The number of amides is 1. The summed E-state index contributed by atoms with van der Waals surface area (Å²) in [7, 11) is 0. The Hall–Kier alpha value is -2.26. The first-order chi connectivity index (χ1) is 11.9. The number of aryl methyl sites for hydroxylation is 2. The van der Waals surface area contributed by atoms with Gasteiger partial charge >= 0.3 is 0 Å². The number of nitrogens with one attached hydrogen (secondary N) is 1. The third-order valence-corrected chi connectivity index (χ3v) is 5.08. The molecule has 0 aliphatic carbocycles. The van der Waals surface area contributed by atoms with Crippen molar-refractivity contribution in [2.75, 3.05) is 5.32 Å². The van der Waals surface area contributed by atoms with Crippen LogP contribution < -0.4 is 5.32 Å². The van der Waals surface area contributed by atoms with E-state index in [1.165, 1.54) is 11.3 Å². The van der Waals surface area contributed by atoms with Gasteiger partial charge in [-0.15, -0.1) is 11.3 Å². The summed E-state index contributed by atoms with van der Waals surface area (Å²) in [5.41, 5.74) is 2.15. The van der Waals surface area contributed by atoms with Gasteiger partial charge in [0.1, 0.15) is 22.6 Å². The summed E-state index contributed by atoms with van der Waals surface area (Å²) in [6, 6.07) is 8.89. The molecule has 25 heavy (non-hydrogen) atoms. The third-order valence-electron chi connectivity index (χ3n) is 3.64. The fourth-order valence-electron chi connectivity index (χ4n) is 2.49. The number of carbonyl (C=O) groups excluding carboxylic acids is 1. The molecule has 0 saturated heterocycles. The van der Waals surface area contributed by atoms with Crippen molar-refractivity contribution in [2.24, 2.45) is 0 Å². The van der Waals surface area contributed by atoms with Crippen LogP contribution in [0.4, 0.5) is 5.00 Å². The molecule has 0 bridgehead atoms. The van der Waals surface area contributed by atoms with Crippen molar-refractivity contribution >= 4 is 45.4 Å². The molecule has 1 N–H and O–H groups in total. The number of carbonyl (C=O) groups is 1. The monoisotopic (exact) mass is 390 g/mol. The Morgan fingerprint density at radius 3 is 2.60 bits per heavy atom. The van der Waals surface area contributed by atoms with Crippen LogP contribution in [-0.4, -0.2) is 5.91 Å². The van der Waals surface area contributed by atoms with Crippen molar-refractivity contribution in [3.05, 3.63) is 62.3 Å². The van der Waals surface area contributed by atoms with Gasteiger partial charge in [-0.25, -0.2) is 0 Å². The Morgan fingerprint density at radius 1 is 1.24 bits per heavy atom. The van der Waals surface area contributed by atoms with Gasteiger partial charge in [-0.2, -0.15) is 5.26 Å². The van der Waals surface area contributed by atoms with Gasteiger partial charge in [0.05, 0.1) is 11.1 Å². The first-order valence-corrected chi connectivity index (χ1v) is 8.89. The van der Waals surface area contributed by atoms with Crippen molar-refractivity contribution in [1.82, 2.24) is 0 Å². The van der Waals surface area contributed by atoms with Crippen LogP contribution in [0.15, 0.2) is 34.1 Å². The highest BCUT2D eigenvalue weighted by molar-refractivity contribution is 7.15. The van der Waals surface area contributed by atoms with Crippen molar-refractivity contribution in [1.29, 1.82) is 5.26 Å². The summed E-state index contributed by atoms with van der Waals surface area (Å²) >= 11 is 13.4. The second kappa shape index (κ2) is 6.93. The second-order valence-corrected chi connectivity index (χ2v) is 7.09. The van der Waals surface area contributed by atoms with E-state index in [2.05, 4.69) is 11.4 Å². The first-order valence-electron chi connectivity index (χ1n) is 7.26. The SMILES string of the molecule is Cc1cc(C(=O)Nc2scc(-c3ccc(Cl)cc3Cl)c2C#N)c(C)o1. The van der Waals surface area contributed by atoms with E-state index in [1.54, 1.807) is 43.5 Å². The van der Waals surface area contributed by atoms with E-state index in [9.17, 15) is 10.1 Å². The van der Waals surface area contributed by atoms with Crippen LogP contribution in [0, 0.1) is 25.2 Å². The average Bonchev–Trinajstić information content (AvgIpc) is 3.10. The zero-order valence-corrected chi connectivity index (χ0v) is 15.6. The number of hydrogen-bond acceptors (Lipinski definition) is 4. The zero-order valence-electron chi connectivity index (χ0n) is 13.3. The fourth-order valence-corrected chi connectivity index (χ4v) is 3.91. The maximum absolute atomic E-state index is 12.5. The fraction of sp³-hybridized carbons (Fsp3) is 0.111. The van der Waals surface area contributed by atoms with Crippen LogP contribution in [-0.2, 0) is 0 Å². The molecule has 2 heterocycles. The maximum Gasteiger partial charge on any atom is 0.259 e. The van der Waals surface area contributed by atoms with Crippen LogP contribution in [0.5, 0.6) is 0 Å². The van der Waals surface area contributed by atoms with Gasteiger partial charge in [0.25, 0.3) is 5.91 Å². The molecule has 0 unspecified atom stereocenters. The number of furan rings is 1. The van der Waals surface area contributed by atoms with E-state index >= 15 is 0 Å². The van der Waals surface area contributed by atoms with Crippen molar-refractivity contribution in [3.63, 3.8) is 0 Å². The molecule has 3 aromatic rings. The number of benzene rings is 1. The number of hydrogen-bond donors (Lipinski definition) is 1. The molecule has 0 aliphatic rings. The van der Waals surface area contributed by atoms with E-state index in [4.69, 9.17) is 27.6 Å². The standard InChI is InChI=1S/C18H12Cl2N2O2S/c1-9-5-13(10(2)24-9)17(23)22-18-14(7-21)15(8-25-18)12-4-3-11(19)6-16(12)20/h3-6,8H,1-2H3,(H,22,23). The predicted octanol–water partition coefficient (Wildman–Crippen LogP) is 6.06. The summed E-state index contributed by atoms with van der Waals surface area (Å²) in [6.45, 7) is 3.50. The van der Waals surface area contributed by atoms with E-state index in [-0.39, 0.29) is 5.91 Å². The minimum Gasteiger partial charge on any atom is -0.466 e. The maximum atomic E-state index is 12.5. The van der Waals surface area contributed by atoms with Crippen LogP contribution in [0.3, 0.4) is 0 Å². The Kier molecular flexibility index (Phi) is 4.87. The average molecular weight is 391 g/mol. The molecule has 2 aromatic heterocycles. The molecule has 126 valence electrons. The molecule has 0 saturated carbocycles. The topological polar surface area (TPSA) is 66.0 Å². The zero-order chi connectivity index (χ0) is 18.1. The molecular formula is C18H12Cl2N2O2S. The van der Waals surface area contributed by atoms with Gasteiger partial charge in [0.15, 0.2) is 0 Å². The molecular weight excluding hydrogens is 379 g/mol. The normalized spacial score (nSPS) is 10.5. The quantitative estimate of drug-likeness (QED) is 0.591. The van der Waals surface area contributed by atoms with E-state index in [1.807, 2.05) is 0 Å². The molecule has 1 amide bonds. The van der Waals surface area contributed by atoms with Crippen LogP contribution in [0.25, 0.3) is 11.1 Å². The molecule has 1 aromatic carbocycles. The number of rotatable bonds is 3.